The second-order valence-corrected chi connectivity index (χ2v) is 6.46. The molecule has 1 aromatic carbocycles. The van der Waals surface area contributed by atoms with Crippen LogP contribution in [0.2, 0.25) is 0 Å². The van der Waals surface area contributed by atoms with Gasteiger partial charge in [0, 0.05) is 13.1 Å². The van der Waals surface area contributed by atoms with Gasteiger partial charge in [0.2, 0.25) is 0 Å². The monoisotopic (exact) mass is 321 g/mol. The van der Waals surface area contributed by atoms with E-state index in [-0.39, 0.29) is 24.1 Å². The van der Waals surface area contributed by atoms with Crippen molar-refractivity contribution in [3.05, 3.63) is 30.1 Å². The minimum atomic E-state index is -0.850. The van der Waals surface area contributed by atoms with Crippen molar-refractivity contribution in [2.45, 2.75) is 32.3 Å². The molecule has 1 aliphatic heterocycles. The van der Waals surface area contributed by atoms with E-state index in [0.29, 0.717) is 13.0 Å². The predicted octanol–water partition coefficient (Wildman–Crippen LogP) is 2.31. The van der Waals surface area contributed by atoms with Gasteiger partial charge in [-0.05, 0) is 37.8 Å². The molecular weight excluding hydrogens is 301 g/mol. The molecule has 1 saturated carbocycles. The summed E-state index contributed by atoms with van der Waals surface area (Å²) in [5.74, 6) is -1.60. The summed E-state index contributed by atoms with van der Waals surface area (Å²) in [5.41, 5.74) is -0.812. The van der Waals surface area contributed by atoms with Gasteiger partial charge in [0.05, 0.1) is 5.41 Å². The lowest BCUT2D eigenvalue weighted by atomic mass is 9.81. The Morgan fingerprint density at radius 1 is 1.43 bits per heavy atom. The van der Waals surface area contributed by atoms with E-state index in [9.17, 15) is 19.1 Å². The third-order valence-electron chi connectivity index (χ3n) is 5.10. The first-order chi connectivity index (χ1) is 10.9. The molecule has 5 nitrogen and oxygen atoms in total. The van der Waals surface area contributed by atoms with Crippen molar-refractivity contribution < 1.29 is 23.8 Å². The molecule has 1 saturated heterocycles. The van der Waals surface area contributed by atoms with Crippen LogP contribution in [0.25, 0.3) is 0 Å². The number of carbonyl (C=O) groups excluding carboxylic acids is 1. The molecule has 1 amide bonds. The maximum atomic E-state index is 13.6. The molecule has 3 rings (SSSR count). The number of carboxylic acid groups (broad SMARTS) is 1. The van der Waals surface area contributed by atoms with E-state index in [4.69, 9.17) is 4.74 Å². The molecule has 0 aromatic heterocycles. The highest BCUT2D eigenvalue weighted by molar-refractivity contribution is 5.84. The smallest absolute Gasteiger partial charge is 0.311 e. The third-order valence-corrected chi connectivity index (χ3v) is 5.10. The van der Waals surface area contributed by atoms with E-state index in [0.717, 1.165) is 12.8 Å². The van der Waals surface area contributed by atoms with Crippen molar-refractivity contribution in [3.8, 4) is 5.75 Å². The molecule has 1 aromatic rings. The first kappa shape index (κ1) is 15.8. The minimum Gasteiger partial charge on any atom is -0.481 e. The topological polar surface area (TPSA) is 66.8 Å². The molecule has 1 heterocycles. The largest absolute Gasteiger partial charge is 0.481 e. The Hall–Kier alpha value is -2.11. The second kappa shape index (κ2) is 5.83. The number of rotatable bonds is 4. The lowest BCUT2D eigenvalue weighted by Crippen LogP contribution is -2.42. The van der Waals surface area contributed by atoms with E-state index >= 15 is 0 Å². The summed E-state index contributed by atoms with van der Waals surface area (Å²) in [4.78, 5) is 25.8. The molecule has 2 aliphatic rings. The minimum absolute atomic E-state index is 0.00427. The maximum Gasteiger partial charge on any atom is 0.311 e. The van der Waals surface area contributed by atoms with Gasteiger partial charge in [0.1, 0.15) is 0 Å². The number of amides is 1. The van der Waals surface area contributed by atoms with Crippen LogP contribution in [0.5, 0.6) is 5.75 Å². The molecule has 0 bridgehead atoms. The highest BCUT2D eigenvalue weighted by Crippen LogP contribution is 2.49. The highest BCUT2D eigenvalue weighted by atomic mass is 19.1. The Balaban J connectivity index is 1.69. The summed E-state index contributed by atoms with van der Waals surface area (Å²) >= 11 is 0. The molecule has 1 aliphatic carbocycles. The number of hydrogen-bond acceptors (Lipinski definition) is 3. The van der Waals surface area contributed by atoms with E-state index in [1.165, 1.54) is 12.1 Å². The van der Waals surface area contributed by atoms with Crippen molar-refractivity contribution in [3.63, 3.8) is 0 Å². The number of fused-ring (bicyclic) bond motifs is 1. The standard InChI is InChI=1S/C17H20FNO4/c1-11(23-14-7-3-2-6-13(14)18)15(20)19-9-12-5-4-8-17(12,10-19)16(21)22/h2-3,6-7,11-12H,4-5,8-10H2,1H3,(H,21,22)/t11?,12-,17+/m0/s1. The van der Waals surface area contributed by atoms with Gasteiger partial charge in [-0.2, -0.15) is 0 Å². The van der Waals surface area contributed by atoms with E-state index < -0.39 is 23.3 Å². The van der Waals surface area contributed by atoms with Crippen molar-refractivity contribution in [2.24, 2.45) is 11.3 Å². The Kier molecular flexibility index (Phi) is 4.00. The van der Waals surface area contributed by atoms with Crippen molar-refractivity contribution in [2.75, 3.05) is 13.1 Å². The molecule has 2 fully saturated rings. The second-order valence-electron chi connectivity index (χ2n) is 6.46. The van der Waals surface area contributed by atoms with Crippen molar-refractivity contribution in [1.29, 1.82) is 0 Å². The summed E-state index contributed by atoms with van der Waals surface area (Å²) in [5, 5.41) is 9.57. The summed E-state index contributed by atoms with van der Waals surface area (Å²) in [7, 11) is 0. The van der Waals surface area contributed by atoms with Gasteiger partial charge < -0.3 is 14.7 Å². The molecule has 1 unspecified atom stereocenters. The van der Waals surface area contributed by atoms with Crippen LogP contribution in [0.15, 0.2) is 24.3 Å². The van der Waals surface area contributed by atoms with Crippen molar-refractivity contribution in [1.82, 2.24) is 4.90 Å². The molecule has 1 N–H and O–H groups in total. The quantitative estimate of drug-likeness (QED) is 0.924. The molecule has 124 valence electrons. The van der Waals surface area contributed by atoms with E-state index in [1.807, 2.05) is 0 Å². The van der Waals surface area contributed by atoms with Gasteiger partial charge in [0.15, 0.2) is 17.7 Å². The van der Waals surface area contributed by atoms with Crippen molar-refractivity contribution >= 4 is 11.9 Å². The molecule has 0 radical (unpaired) electrons. The number of likely N-dealkylation sites (tertiary alicyclic amines) is 1. The number of hydrogen-bond donors (Lipinski definition) is 1. The van der Waals surface area contributed by atoms with Crippen LogP contribution < -0.4 is 4.74 Å². The van der Waals surface area contributed by atoms with E-state index in [1.54, 1.807) is 24.0 Å². The lowest BCUT2D eigenvalue weighted by Gasteiger charge is -2.25. The summed E-state index contributed by atoms with van der Waals surface area (Å²) < 4.78 is 19.0. The highest BCUT2D eigenvalue weighted by Gasteiger charge is 2.56. The van der Waals surface area contributed by atoms with Crippen LogP contribution in [0, 0.1) is 17.2 Å². The number of benzene rings is 1. The Morgan fingerprint density at radius 3 is 2.83 bits per heavy atom. The predicted molar refractivity (Wildman–Crippen MR) is 80.5 cm³/mol. The number of para-hydroxylation sites is 1. The van der Waals surface area contributed by atoms with Gasteiger partial charge in [-0.3, -0.25) is 9.59 Å². The fourth-order valence-corrected chi connectivity index (χ4v) is 3.85. The zero-order chi connectivity index (χ0) is 16.6. The number of nitrogens with zero attached hydrogens (tertiary/aromatic N) is 1. The van der Waals surface area contributed by atoms with Gasteiger partial charge in [-0.1, -0.05) is 18.6 Å². The summed E-state index contributed by atoms with van der Waals surface area (Å²) in [6, 6.07) is 5.92. The molecule has 6 heteroatoms. The number of halogens is 1. The average Bonchev–Trinajstić information content (AvgIpc) is 3.06. The number of carboxylic acids is 1. The van der Waals surface area contributed by atoms with Gasteiger partial charge in [-0.15, -0.1) is 0 Å². The third kappa shape index (κ3) is 2.66. The normalized spacial score (nSPS) is 27.6. The van der Waals surface area contributed by atoms with Crippen LogP contribution in [0.3, 0.4) is 0 Å². The van der Waals surface area contributed by atoms with Crippen LogP contribution >= 0.6 is 0 Å². The Bertz CT molecular complexity index is 635. The van der Waals surface area contributed by atoms with E-state index in [2.05, 4.69) is 0 Å². The first-order valence-electron chi connectivity index (χ1n) is 7.87. The molecule has 0 spiro atoms. The summed E-state index contributed by atoms with van der Waals surface area (Å²) in [6.07, 6.45) is 1.48. The van der Waals surface area contributed by atoms with Crippen LogP contribution in [-0.4, -0.2) is 41.1 Å². The van der Waals surface area contributed by atoms with Crippen LogP contribution in [0.4, 0.5) is 4.39 Å². The van der Waals surface area contributed by atoms with Gasteiger partial charge >= 0.3 is 5.97 Å². The fourth-order valence-electron chi connectivity index (χ4n) is 3.85. The average molecular weight is 321 g/mol. The zero-order valence-electron chi connectivity index (χ0n) is 13.0. The first-order valence-corrected chi connectivity index (χ1v) is 7.87. The lowest BCUT2D eigenvalue weighted by molar-refractivity contribution is -0.150. The molecular formula is C17H20FNO4. The maximum absolute atomic E-state index is 13.6. The number of aliphatic carboxylic acids is 1. The van der Waals surface area contributed by atoms with Gasteiger partial charge in [0.25, 0.3) is 5.91 Å². The SMILES string of the molecule is CC(Oc1ccccc1F)C(=O)N1C[C@@H]2CCC[C@@]2(C(=O)O)C1. The number of ether oxygens (including phenoxy) is 1. The number of carbonyl (C=O) groups is 2. The Morgan fingerprint density at radius 2 is 2.17 bits per heavy atom. The van der Waals surface area contributed by atoms with Gasteiger partial charge in [-0.25, -0.2) is 4.39 Å². The zero-order valence-corrected chi connectivity index (χ0v) is 13.0. The summed E-state index contributed by atoms with van der Waals surface area (Å²) in [6.45, 7) is 2.23. The molecule has 23 heavy (non-hydrogen) atoms. The molecule has 3 atom stereocenters. The fraction of sp³-hybridized carbons (Fsp3) is 0.529. The van der Waals surface area contributed by atoms with Crippen LogP contribution in [0.1, 0.15) is 26.2 Å². The van der Waals surface area contributed by atoms with Crippen LogP contribution in [-0.2, 0) is 9.59 Å². The Labute approximate surface area is 134 Å².